The van der Waals surface area contributed by atoms with E-state index in [9.17, 15) is 0 Å². The third-order valence-corrected chi connectivity index (χ3v) is 3.39. The Morgan fingerprint density at radius 1 is 1.55 bits per heavy atom. The van der Waals surface area contributed by atoms with Crippen LogP contribution in [0.25, 0.3) is 0 Å². The van der Waals surface area contributed by atoms with E-state index in [1.54, 1.807) is 11.9 Å². The first-order valence-electron chi connectivity index (χ1n) is 3.69. The first kappa shape index (κ1) is 9.42. The Labute approximate surface area is 76.7 Å². The summed E-state index contributed by atoms with van der Waals surface area (Å²) < 4.78 is 4.51. The van der Waals surface area contributed by atoms with Gasteiger partial charge in [0.15, 0.2) is 0 Å². The number of nitrogens with one attached hydrogen (secondary N) is 1. The van der Waals surface area contributed by atoms with Crippen molar-refractivity contribution in [2.24, 2.45) is 4.99 Å². The van der Waals surface area contributed by atoms with E-state index in [-0.39, 0.29) is 5.54 Å². The largest absolute Gasteiger partial charge is 0.270 e. The molecule has 0 bridgehead atoms. The quantitative estimate of drug-likeness (QED) is 0.641. The van der Waals surface area contributed by atoms with Crippen LogP contribution < -0.4 is 4.72 Å². The predicted octanol–water partition coefficient (Wildman–Crippen LogP) is 2.13. The third kappa shape index (κ3) is 4.03. The molecule has 4 heteroatoms. The van der Waals surface area contributed by atoms with Gasteiger partial charge in [0.1, 0.15) is 4.38 Å². The number of hydrogen-bond acceptors (Lipinski definition) is 4. The normalized spacial score (nSPS) is 18.6. The molecule has 0 aromatic heterocycles. The summed E-state index contributed by atoms with van der Waals surface area (Å²) in [5.41, 5.74) is 0.177. The molecule has 1 heterocycles. The predicted molar refractivity (Wildman–Crippen MR) is 55.2 cm³/mol. The van der Waals surface area contributed by atoms with E-state index in [1.165, 1.54) is 4.38 Å². The summed E-state index contributed by atoms with van der Waals surface area (Å²) in [6.45, 7) is 7.44. The highest BCUT2D eigenvalue weighted by Gasteiger charge is 2.13. The summed E-state index contributed by atoms with van der Waals surface area (Å²) in [5, 5.41) is 0. The molecule has 1 N–H and O–H groups in total. The van der Waals surface area contributed by atoms with Gasteiger partial charge in [0, 0.05) is 11.3 Å². The van der Waals surface area contributed by atoms with Crippen molar-refractivity contribution in [1.82, 2.24) is 4.72 Å². The number of hydrogen-bond donors (Lipinski definition) is 1. The van der Waals surface area contributed by atoms with Crippen molar-refractivity contribution >= 4 is 28.1 Å². The van der Waals surface area contributed by atoms with Crippen LogP contribution in [0.15, 0.2) is 4.99 Å². The molecule has 0 saturated carbocycles. The maximum Gasteiger partial charge on any atom is 0.139 e. The summed E-state index contributed by atoms with van der Waals surface area (Å²) >= 11 is 3.49. The van der Waals surface area contributed by atoms with Gasteiger partial charge in [0.2, 0.25) is 0 Å². The standard InChI is InChI=1S/C7H14N2S2/c1-7(2,3)9-11-6-8-4-5-10-6/h9H,4-5H2,1-3H3. The van der Waals surface area contributed by atoms with E-state index >= 15 is 0 Å². The topological polar surface area (TPSA) is 24.4 Å². The van der Waals surface area contributed by atoms with Crippen molar-refractivity contribution < 1.29 is 0 Å². The minimum absolute atomic E-state index is 0.177. The molecule has 0 aliphatic carbocycles. The molecule has 0 spiro atoms. The van der Waals surface area contributed by atoms with Crippen molar-refractivity contribution in [2.45, 2.75) is 26.3 Å². The Balaban J connectivity index is 2.22. The van der Waals surface area contributed by atoms with Crippen molar-refractivity contribution in [3.63, 3.8) is 0 Å². The van der Waals surface area contributed by atoms with Crippen LogP contribution in [0.5, 0.6) is 0 Å². The van der Waals surface area contributed by atoms with Gasteiger partial charge in [0.25, 0.3) is 0 Å². The molecular weight excluding hydrogens is 176 g/mol. The van der Waals surface area contributed by atoms with Gasteiger partial charge in [-0.1, -0.05) is 11.8 Å². The molecule has 64 valence electrons. The minimum atomic E-state index is 0.177. The maximum absolute atomic E-state index is 4.32. The van der Waals surface area contributed by atoms with Gasteiger partial charge in [-0.3, -0.25) is 9.71 Å². The molecule has 0 saturated heterocycles. The lowest BCUT2D eigenvalue weighted by molar-refractivity contribution is 0.537. The molecule has 0 aromatic carbocycles. The molecule has 2 nitrogen and oxygen atoms in total. The highest BCUT2D eigenvalue weighted by Crippen LogP contribution is 2.21. The Kier molecular flexibility index (Phi) is 3.28. The molecule has 11 heavy (non-hydrogen) atoms. The van der Waals surface area contributed by atoms with E-state index < -0.39 is 0 Å². The summed E-state index contributed by atoms with van der Waals surface area (Å²) in [5.74, 6) is 1.15. The van der Waals surface area contributed by atoms with Crippen molar-refractivity contribution in [3.05, 3.63) is 0 Å². The third-order valence-electron chi connectivity index (χ3n) is 1.00. The summed E-state index contributed by atoms with van der Waals surface area (Å²) in [7, 11) is 0. The average Bonchev–Trinajstić information content (AvgIpc) is 2.32. The highest BCUT2D eigenvalue weighted by atomic mass is 32.2. The van der Waals surface area contributed by atoms with Gasteiger partial charge in [-0.05, 0) is 32.7 Å². The molecule has 1 aliphatic rings. The van der Waals surface area contributed by atoms with E-state index in [1.807, 2.05) is 11.8 Å². The van der Waals surface area contributed by atoms with Crippen molar-refractivity contribution in [2.75, 3.05) is 12.3 Å². The first-order chi connectivity index (χ1) is 5.08. The Bertz CT molecular complexity index is 160. The van der Waals surface area contributed by atoms with Crippen LogP contribution in [-0.2, 0) is 0 Å². The average molecular weight is 190 g/mol. The van der Waals surface area contributed by atoms with Crippen molar-refractivity contribution in [1.29, 1.82) is 0 Å². The van der Waals surface area contributed by atoms with Gasteiger partial charge >= 0.3 is 0 Å². The molecule has 1 aliphatic heterocycles. The van der Waals surface area contributed by atoms with Crippen molar-refractivity contribution in [3.8, 4) is 0 Å². The van der Waals surface area contributed by atoms with Gasteiger partial charge in [-0.2, -0.15) is 0 Å². The zero-order valence-electron chi connectivity index (χ0n) is 7.18. The van der Waals surface area contributed by atoms with Crippen LogP contribution in [0.3, 0.4) is 0 Å². The summed E-state index contributed by atoms with van der Waals surface area (Å²) in [6.07, 6.45) is 0. The van der Waals surface area contributed by atoms with Crippen LogP contribution in [0.1, 0.15) is 20.8 Å². The molecule has 1 rings (SSSR count). The summed E-state index contributed by atoms with van der Waals surface area (Å²) in [6, 6.07) is 0. The monoisotopic (exact) mass is 190 g/mol. The fraction of sp³-hybridized carbons (Fsp3) is 0.857. The second-order valence-corrected chi connectivity index (χ2v) is 5.59. The zero-order chi connectivity index (χ0) is 8.32. The lowest BCUT2D eigenvalue weighted by atomic mass is 10.1. The second kappa shape index (κ2) is 3.83. The Hall–Kier alpha value is 0.330. The lowest BCUT2D eigenvalue weighted by Gasteiger charge is -2.18. The van der Waals surface area contributed by atoms with Crippen LogP contribution in [0, 0.1) is 0 Å². The number of nitrogens with zero attached hydrogens (tertiary/aromatic N) is 1. The van der Waals surface area contributed by atoms with Gasteiger partial charge < -0.3 is 0 Å². The van der Waals surface area contributed by atoms with Gasteiger partial charge in [-0.15, -0.1) is 0 Å². The summed E-state index contributed by atoms with van der Waals surface area (Å²) in [4.78, 5) is 4.32. The Morgan fingerprint density at radius 3 is 2.73 bits per heavy atom. The number of rotatable bonds is 1. The number of thioether (sulfide) groups is 1. The first-order valence-corrected chi connectivity index (χ1v) is 5.49. The highest BCUT2D eigenvalue weighted by molar-refractivity contribution is 8.38. The Morgan fingerprint density at radius 2 is 2.27 bits per heavy atom. The molecule has 0 radical (unpaired) electrons. The van der Waals surface area contributed by atoms with E-state index in [2.05, 4.69) is 30.5 Å². The number of aliphatic imine (C=N–C) groups is 1. The smallest absolute Gasteiger partial charge is 0.139 e. The maximum atomic E-state index is 4.32. The fourth-order valence-corrected chi connectivity index (χ4v) is 2.27. The van der Waals surface area contributed by atoms with E-state index in [0.717, 1.165) is 12.3 Å². The molecular formula is C7H14N2S2. The zero-order valence-corrected chi connectivity index (χ0v) is 8.81. The molecule has 0 fully saturated rings. The fourth-order valence-electron chi connectivity index (χ4n) is 0.574. The van der Waals surface area contributed by atoms with E-state index in [4.69, 9.17) is 0 Å². The SMILES string of the molecule is CC(C)(C)NSC1=NCCS1. The van der Waals surface area contributed by atoms with Gasteiger partial charge in [0.05, 0.1) is 6.54 Å². The van der Waals surface area contributed by atoms with Gasteiger partial charge in [-0.25, -0.2) is 0 Å². The van der Waals surface area contributed by atoms with Crippen LogP contribution in [-0.4, -0.2) is 22.2 Å². The molecule has 0 aromatic rings. The molecule has 0 amide bonds. The second-order valence-electron chi connectivity index (χ2n) is 3.45. The van der Waals surface area contributed by atoms with E-state index in [0.29, 0.717) is 0 Å². The van der Waals surface area contributed by atoms with Crippen LogP contribution in [0.4, 0.5) is 0 Å². The molecule has 0 atom stereocenters. The van der Waals surface area contributed by atoms with Crippen LogP contribution in [0.2, 0.25) is 0 Å². The lowest BCUT2D eigenvalue weighted by Crippen LogP contribution is -2.30. The molecule has 0 unspecified atom stereocenters. The van der Waals surface area contributed by atoms with Crippen LogP contribution >= 0.6 is 23.7 Å². The minimum Gasteiger partial charge on any atom is -0.270 e.